The van der Waals surface area contributed by atoms with Gasteiger partial charge in [0.15, 0.2) is 5.75 Å². The van der Waals surface area contributed by atoms with Crippen LogP contribution in [-0.4, -0.2) is 34.9 Å². The molecule has 1 aromatic heterocycles. The van der Waals surface area contributed by atoms with Crippen LogP contribution in [0.5, 0.6) is 5.75 Å². The SMILES string of the molecule is CCn1ncc(OC)c1C(NC)C1CCCS1. The van der Waals surface area contributed by atoms with Crippen LogP contribution in [0.15, 0.2) is 6.20 Å². The molecule has 4 nitrogen and oxygen atoms in total. The normalized spacial score (nSPS) is 21.7. The highest BCUT2D eigenvalue weighted by Crippen LogP contribution is 2.38. The zero-order valence-electron chi connectivity index (χ0n) is 10.8. The second-order valence-electron chi connectivity index (χ2n) is 4.23. The summed E-state index contributed by atoms with van der Waals surface area (Å²) < 4.78 is 7.48. The first kappa shape index (κ1) is 12.8. The molecular formula is C12H21N3OS. The summed E-state index contributed by atoms with van der Waals surface area (Å²) in [7, 11) is 3.74. The van der Waals surface area contributed by atoms with Crippen molar-refractivity contribution in [1.82, 2.24) is 15.1 Å². The minimum absolute atomic E-state index is 0.333. The fourth-order valence-corrected chi connectivity index (χ4v) is 3.89. The Morgan fingerprint density at radius 3 is 3.06 bits per heavy atom. The minimum atomic E-state index is 0.333. The highest BCUT2D eigenvalue weighted by molar-refractivity contribution is 8.00. The van der Waals surface area contributed by atoms with Crippen molar-refractivity contribution in [3.05, 3.63) is 11.9 Å². The van der Waals surface area contributed by atoms with Crippen molar-refractivity contribution in [3.63, 3.8) is 0 Å². The van der Waals surface area contributed by atoms with Crippen molar-refractivity contribution in [2.45, 2.75) is 37.6 Å². The largest absolute Gasteiger partial charge is 0.493 e. The summed E-state index contributed by atoms with van der Waals surface area (Å²) in [6, 6.07) is 0.333. The molecule has 17 heavy (non-hydrogen) atoms. The lowest BCUT2D eigenvalue weighted by atomic mass is 10.1. The minimum Gasteiger partial charge on any atom is -0.493 e. The summed E-state index contributed by atoms with van der Waals surface area (Å²) in [5.74, 6) is 2.17. The Labute approximate surface area is 107 Å². The van der Waals surface area contributed by atoms with Gasteiger partial charge in [-0.1, -0.05) is 0 Å². The molecule has 0 radical (unpaired) electrons. The fraction of sp³-hybridized carbons (Fsp3) is 0.750. The van der Waals surface area contributed by atoms with E-state index in [-0.39, 0.29) is 0 Å². The van der Waals surface area contributed by atoms with E-state index in [9.17, 15) is 0 Å². The predicted octanol–water partition coefficient (Wildman–Crippen LogP) is 2.07. The quantitative estimate of drug-likeness (QED) is 0.874. The maximum absolute atomic E-state index is 5.44. The van der Waals surface area contributed by atoms with E-state index in [2.05, 4.69) is 29.1 Å². The van der Waals surface area contributed by atoms with Gasteiger partial charge in [-0.15, -0.1) is 0 Å². The smallest absolute Gasteiger partial charge is 0.161 e. The molecule has 1 saturated heterocycles. The molecule has 1 N–H and O–H groups in total. The number of hydrogen-bond acceptors (Lipinski definition) is 4. The lowest BCUT2D eigenvalue weighted by Crippen LogP contribution is -2.28. The third-order valence-electron chi connectivity index (χ3n) is 3.31. The van der Waals surface area contributed by atoms with Gasteiger partial charge in [0.05, 0.1) is 25.0 Å². The molecule has 0 spiro atoms. The Kier molecular flexibility index (Phi) is 4.34. The topological polar surface area (TPSA) is 39.1 Å². The van der Waals surface area contributed by atoms with E-state index in [1.165, 1.54) is 24.3 Å². The first-order valence-corrected chi connectivity index (χ1v) is 7.25. The molecule has 2 atom stereocenters. The first-order chi connectivity index (χ1) is 8.31. The van der Waals surface area contributed by atoms with Crippen LogP contribution in [0.3, 0.4) is 0 Å². The van der Waals surface area contributed by atoms with Crippen LogP contribution in [0.2, 0.25) is 0 Å². The molecule has 0 bridgehead atoms. The summed E-state index contributed by atoms with van der Waals surface area (Å²) >= 11 is 2.05. The summed E-state index contributed by atoms with van der Waals surface area (Å²) in [6.07, 6.45) is 4.41. The molecular weight excluding hydrogens is 234 g/mol. The van der Waals surface area contributed by atoms with Crippen molar-refractivity contribution < 1.29 is 4.74 Å². The molecule has 1 fully saturated rings. The molecule has 0 saturated carbocycles. The molecule has 0 aliphatic carbocycles. The molecule has 96 valence electrons. The Hall–Kier alpha value is -0.680. The summed E-state index contributed by atoms with van der Waals surface area (Å²) in [5.41, 5.74) is 1.19. The van der Waals surface area contributed by atoms with Crippen LogP contribution in [0.4, 0.5) is 0 Å². The van der Waals surface area contributed by atoms with Crippen molar-refractivity contribution in [2.24, 2.45) is 0 Å². The maximum atomic E-state index is 5.44. The van der Waals surface area contributed by atoms with Gasteiger partial charge >= 0.3 is 0 Å². The number of ether oxygens (including phenoxy) is 1. The van der Waals surface area contributed by atoms with E-state index in [0.717, 1.165) is 12.3 Å². The third-order valence-corrected chi connectivity index (χ3v) is 4.77. The van der Waals surface area contributed by atoms with Crippen molar-refractivity contribution >= 4 is 11.8 Å². The lowest BCUT2D eigenvalue weighted by Gasteiger charge is -2.24. The Morgan fingerprint density at radius 1 is 1.71 bits per heavy atom. The average molecular weight is 255 g/mol. The number of aryl methyl sites for hydroxylation is 1. The molecule has 2 rings (SSSR count). The average Bonchev–Trinajstić information content (AvgIpc) is 2.99. The van der Waals surface area contributed by atoms with Crippen LogP contribution in [0.25, 0.3) is 0 Å². The molecule has 0 aromatic carbocycles. The van der Waals surface area contributed by atoms with Gasteiger partial charge in [0.2, 0.25) is 0 Å². The number of rotatable bonds is 5. The monoisotopic (exact) mass is 255 g/mol. The van der Waals surface area contributed by atoms with Gasteiger partial charge in [-0.05, 0) is 32.6 Å². The molecule has 1 aliphatic heterocycles. The molecule has 0 amide bonds. The van der Waals surface area contributed by atoms with Gasteiger partial charge in [0.1, 0.15) is 0 Å². The number of nitrogens with one attached hydrogen (secondary N) is 1. The molecule has 5 heteroatoms. The van der Waals surface area contributed by atoms with E-state index >= 15 is 0 Å². The number of hydrogen-bond donors (Lipinski definition) is 1. The maximum Gasteiger partial charge on any atom is 0.161 e. The van der Waals surface area contributed by atoms with Crippen LogP contribution >= 0.6 is 11.8 Å². The summed E-state index contributed by atoms with van der Waals surface area (Å²) in [4.78, 5) is 0. The van der Waals surface area contributed by atoms with Gasteiger partial charge in [-0.3, -0.25) is 4.68 Å². The first-order valence-electron chi connectivity index (χ1n) is 6.20. The van der Waals surface area contributed by atoms with Gasteiger partial charge in [0, 0.05) is 11.8 Å². The second kappa shape index (κ2) is 5.78. The summed E-state index contributed by atoms with van der Waals surface area (Å²) in [5, 5.41) is 8.46. The van der Waals surface area contributed by atoms with E-state index in [1.54, 1.807) is 7.11 Å². The number of methoxy groups -OCH3 is 1. The van der Waals surface area contributed by atoms with Gasteiger partial charge in [0.25, 0.3) is 0 Å². The van der Waals surface area contributed by atoms with Crippen LogP contribution in [-0.2, 0) is 6.54 Å². The molecule has 1 aromatic rings. The summed E-state index contributed by atoms with van der Waals surface area (Å²) in [6.45, 7) is 3.00. The highest BCUT2D eigenvalue weighted by Gasteiger charge is 2.30. The van der Waals surface area contributed by atoms with E-state index < -0.39 is 0 Å². The highest BCUT2D eigenvalue weighted by atomic mass is 32.2. The van der Waals surface area contributed by atoms with E-state index in [1.807, 2.05) is 17.9 Å². The van der Waals surface area contributed by atoms with E-state index in [0.29, 0.717) is 11.3 Å². The van der Waals surface area contributed by atoms with E-state index in [4.69, 9.17) is 4.74 Å². The van der Waals surface area contributed by atoms with Crippen molar-refractivity contribution in [3.8, 4) is 5.75 Å². The fourth-order valence-electron chi connectivity index (χ4n) is 2.46. The number of aromatic nitrogens is 2. The van der Waals surface area contributed by atoms with Gasteiger partial charge in [-0.25, -0.2) is 0 Å². The molecule has 2 unspecified atom stereocenters. The third kappa shape index (κ3) is 2.45. The van der Waals surface area contributed by atoms with Crippen molar-refractivity contribution in [1.29, 1.82) is 0 Å². The van der Waals surface area contributed by atoms with Crippen LogP contribution in [0.1, 0.15) is 31.5 Å². The molecule has 1 aliphatic rings. The van der Waals surface area contributed by atoms with Crippen LogP contribution in [0, 0.1) is 0 Å². The second-order valence-corrected chi connectivity index (χ2v) is 5.58. The number of thioether (sulfide) groups is 1. The number of nitrogens with zero attached hydrogens (tertiary/aromatic N) is 2. The van der Waals surface area contributed by atoms with Gasteiger partial charge in [-0.2, -0.15) is 16.9 Å². The zero-order valence-corrected chi connectivity index (χ0v) is 11.6. The van der Waals surface area contributed by atoms with Crippen molar-refractivity contribution in [2.75, 3.05) is 19.9 Å². The van der Waals surface area contributed by atoms with Gasteiger partial charge < -0.3 is 10.1 Å². The predicted molar refractivity (Wildman–Crippen MR) is 71.7 cm³/mol. The standard InChI is InChI=1S/C12H21N3OS/c1-4-15-12(9(16-3)8-14-15)11(13-2)10-6-5-7-17-10/h8,10-11,13H,4-7H2,1-3H3. The molecule has 2 heterocycles. The lowest BCUT2D eigenvalue weighted by molar-refractivity contribution is 0.392. The zero-order chi connectivity index (χ0) is 12.3. The Morgan fingerprint density at radius 2 is 2.53 bits per heavy atom. The van der Waals surface area contributed by atoms with Crippen LogP contribution < -0.4 is 10.1 Å². The Bertz CT molecular complexity index is 339. The Balaban J connectivity index is 2.30.